The molecule has 166 valence electrons. The molecule has 0 aromatic carbocycles. The molecule has 1 atom stereocenters. The summed E-state index contributed by atoms with van der Waals surface area (Å²) in [5.74, 6) is -0.966. The Balaban J connectivity index is 1.83. The molecule has 9 nitrogen and oxygen atoms in total. The van der Waals surface area contributed by atoms with Crippen LogP contribution in [0.2, 0.25) is 0 Å². The fourth-order valence-electron chi connectivity index (χ4n) is 2.70. The lowest BCUT2D eigenvalue weighted by molar-refractivity contribution is -0.00177. The molecule has 0 radical (unpaired) electrons. The van der Waals surface area contributed by atoms with Gasteiger partial charge in [0.15, 0.2) is 17.3 Å². The second-order valence-electron chi connectivity index (χ2n) is 7.94. The first-order valence-corrected chi connectivity index (χ1v) is 9.72. The molecule has 31 heavy (non-hydrogen) atoms. The van der Waals surface area contributed by atoms with Crippen molar-refractivity contribution in [2.45, 2.75) is 45.5 Å². The van der Waals surface area contributed by atoms with Gasteiger partial charge in [0.1, 0.15) is 12.0 Å². The summed E-state index contributed by atoms with van der Waals surface area (Å²) < 4.78 is 29.6. The third-order valence-corrected chi connectivity index (χ3v) is 4.39. The van der Waals surface area contributed by atoms with E-state index in [-0.39, 0.29) is 29.8 Å². The van der Waals surface area contributed by atoms with Crippen molar-refractivity contribution in [2.75, 3.05) is 17.2 Å². The summed E-state index contributed by atoms with van der Waals surface area (Å²) in [6.45, 7) is 6.06. The highest BCUT2D eigenvalue weighted by Crippen LogP contribution is 2.23. The van der Waals surface area contributed by atoms with E-state index in [4.69, 9.17) is 0 Å². The van der Waals surface area contributed by atoms with Crippen molar-refractivity contribution < 1.29 is 18.7 Å². The van der Waals surface area contributed by atoms with E-state index in [2.05, 4.69) is 31.0 Å². The number of carbonyl (C=O) groups is 1. The Morgan fingerprint density at radius 2 is 2.10 bits per heavy atom. The predicted molar refractivity (Wildman–Crippen MR) is 113 cm³/mol. The van der Waals surface area contributed by atoms with Gasteiger partial charge in [0.25, 0.3) is 5.91 Å². The smallest absolute Gasteiger partial charge is 0.255 e. The number of pyridine rings is 1. The maximum atomic E-state index is 14.3. The second-order valence-corrected chi connectivity index (χ2v) is 7.94. The summed E-state index contributed by atoms with van der Waals surface area (Å²) in [6.07, 6.45) is 2.35. The predicted octanol–water partition coefficient (Wildman–Crippen LogP) is 2.67. The molecule has 11 heteroatoms. The molecule has 1 amide bonds. The summed E-state index contributed by atoms with van der Waals surface area (Å²) in [5.41, 5.74) is -0.518. The van der Waals surface area contributed by atoms with Crippen molar-refractivity contribution in [3.05, 3.63) is 42.1 Å². The first-order valence-electron chi connectivity index (χ1n) is 9.72. The van der Waals surface area contributed by atoms with Gasteiger partial charge in [0.2, 0.25) is 0 Å². The normalized spacial score (nSPS) is 12.8. The van der Waals surface area contributed by atoms with Gasteiger partial charge in [-0.25, -0.2) is 23.3 Å². The zero-order valence-electron chi connectivity index (χ0n) is 17.6. The number of aromatic nitrogens is 4. The van der Waals surface area contributed by atoms with Crippen molar-refractivity contribution in [1.82, 2.24) is 24.9 Å². The second kappa shape index (κ2) is 8.80. The van der Waals surface area contributed by atoms with Gasteiger partial charge in [-0.1, -0.05) is 0 Å². The summed E-state index contributed by atoms with van der Waals surface area (Å²) in [4.78, 5) is 20.9. The first kappa shape index (κ1) is 22.3. The minimum atomic E-state index is -1.64. The van der Waals surface area contributed by atoms with Crippen LogP contribution in [-0.2, 0) is 0 Å². The molecule has 4 N–H and O–H groups in total. The van der Waals surface area contributed by atoms with E-state index in [0.717, 1.165) is 0 Å². The van der Waals surface area contributed by atoms with Gasteiger partial charge in [0, 0.05) is 24.4 Å². The van der Waals surface area contributed by atoms with Gasteiger partial charge in [-0.3, -0.25) is 4.79 Å². The van der Waals surface area contributed by atoms with Crippen LogP contribution in [-0.4, -0.2) is 55.0 Å². The molecular formula is C20H25F2N7O2. The quantitative estimate of drug-likeness (QED) is 0.432. The first-order chi connectivity index (χ1) is 14.5. The third-order valence-electron chi connectivity index (χ3n) is 4.39. The van der Waals surface area contributed by atoms with E-state index < -0.39 is 23.5 Å². The number of hydrogen-bond acceptors (Lipinski definition) is 7. The lowest BCUT2D eigenvalue weighted by Gasteiger charge is -2.23. The van der Waals surface area contributed by atoms with E-state index >= 15 is 0 Å². The number of aliphatic hydroxyl groups is 1. The summed E-state index contributed by atoms with van der Waals surface area (Å²) in [7, 11) is 0. The van der Waals surface area contributed by atoms with E-state index in [9.17, 15) is 18.7 Å². The molecule has 0 spiro atoms. The number of rotatable bonds is 8. The molecule has 0 aliphatic rings. The Hall–Kier alpha value is -3.34. The number of alkyl halides is 1. The lowest BCUT2D eigenvalue weighted by atomic mass is 10.0. The van der Waals surface area contributed by atoms with Gasteiger partial charge in [0.05, 0.1) is 35.8 Å². The highest BCUT2D eigenvalue weighted by atomic mass is 19.1. The molecule has 0 aliphatic heterocycles. The van der Waals surface area contributed by atoms with Gasteiger partial charge < -0.3 is 21.1 Å². The summed E-state index contributed by atoms with van der Waals surface area (Å²) in [5, 5.41) is 22.0. The van der Waals surface area contributed by atoms with Crippen LogP contribution in [0.3, 0.4) is 0 Å². The summed E-state index contributed by atoms with van der Waals surface area (Å²) in [6, 6.07) is 3.15. The molecule has 3 aromatic heterocycles. The van der Waals surface area contributed by atoms with Crippen LogP contribution in [0.1, 0.15) is 38.1 Å². The number of carbonyl (C=O) groups excluding carboxylic acids is 1. The van der Waals surface area contributed by atoms with E-state index in [1.165, 1.54) is 37.0 Å². The average Bonchev–Trinajstić information content (AvgIpc) is 3.12. The molecular weight excluding hydrogens is 408 g/mol. The zero-order chi connectivity index (χ0) is 22.8. The van der Waals surface area contributed by atoms with Gasteiger partial charge in [-0.15, -0.1) is 0 Å². The molecule has 0 aliphatic carbocycles. The van der Waals surface area contributed by atoms with Crippen LogP contribution < -0.4 is 16.0 Å². The molecule has 0 saturated heterocycles. The van der Waals surface area contributed by atoms with Crippen molar-refractivity contribution in [3.63, 3.8) is 0 Å². The van der Waals surface area contributed by atoms with Crippen molar-refractivity contribution in [2.24, 2.45) is 0 Å². The van der Waals surface area contributed by atoms with Crippen molar-refractivity contribution in [1.29, 1.82) is 0 Å². The van der Waals surface area contributed by atoms with Crippen LogP contribution in [0.25, 0.3) is 5.65 Å². The largest absolute Gasteiger partial charge is 0.387 e. The minimum Gasteiger partial charge on any atom is -0.387 e. The van der Waals surface area contributed by atoms with E-state index in [1.807, 2.05) is 13.8 Å². The Morgan fingerprint density at radius 1 is 1.35 bits per heavy atom. The fraction of sp³-hybridized carbons (Fsp3) is 0.400. The number of fused-ring (bicyclic) bond motifs is 1. The highest BCUT2D eigenvalue weighted by molar-refractivity contribution is 5.99. The third kappa shape index (κ3) is 5.43. The standard InChI is InChI=1S/C20H25F2N7O2/c1-11(2)26-14-7-16(27-18-13(21)10-29-17(28-18)5-6-25-29)23-8-12(14)19(30)24-9-15(22)20(3,4)31/h5-8,10-11,15,31H,9H2,1-4H3,(H,24,30)(H2,23,26,27,28)/t15-/m1/s1. The average molecular weight is 433 g/mol. The molecule has 3 heterocycles. The summed E-state index contributed by atoms with van der Waals surface area (Å²) >= 11 is 0. The Kier molecular flexibility index (Phi) is 6.34. The molecule has 3 aromatic rings. The molecule has 0 saturated carbocycles. The van der Waals surface area contributed by atoms with Crippen LogP contribution in [0.5, 0.6) is 0 Å². The monoisotopic (exact) mass is 433 g/mol. The molecule has 3 rings (SSSR count). The lowest BCUT2D eigenvalue weighted by Crippen LogP contribution is -2.42. The Morgan fingerprint density at radius 3 is 2.77 bits per heavy atom. The maximum Gasteiger partial charge on any atom is 0.255 e. The number of nitrogens with one attached hydrogen (secondary N) is 3. The van der Waals surface area contributed by atoms with Gasteiger partial charge in [-0.05, 0) is 27.7 Å². The zero-order valence-corrected chi connectivity index (χ0v) is 17.6. The maximum absolute atomic E-state index is 14.3. The number of hydrogen-bond donors (Lipinski definition) is 4. The molecule has 0 bridgehead atoms. The van der Waals surface area contributed by atoms with Crippen LogP contribution >= 0.6 is 0 Å². The van der Waals surface area contributed by atoms with Gasteiger partial charge in [-0.2, -0.15) is 5.10 Å². The number of halogens is 2. The van der Waals surface area contributed by atoms with Crippen LogP contribution in [0, 0.1) is 5.82 Å². The Bertz CT molecular complexity index is 1080. The van der Waals surface area contributed by atoms with Crippen molar-refractivity contribution >= 4 is 28.9 Å². The van der Waals surface area contributed by atoms with E-state index in [0.29, 0.717) is 11.3 Å². The molecule has 0 unspecified atom stereocenters. The van der Waals surface area contributed by atoms with Crippen LogP contribution in [0.15, 0.2) is 30.7 Å². The van der Waals surface area contributed by atoms with Crippen molar-refractivity contribution in [3.8, 4) is 0 Å². The Labute approximate surface area is 177 Å². The number of amides is 1. The number of anilines is 3. The van der Waals surface area contributed by atoms with Crippen LogP contribution in [0.4, 0.5) is 26.1 Å². The number of nitrogens with zero attached hydrogens (tertiary/aromatic N) is 4. The fourth-order valence-corrected chi connectivity index (χ4v) is 2.70. The molecule has 0 fully saturated rings. The topological polar surface area (TPSA) is 116 Å². The minimum absolute atomic E-state index is 0.0231. The van der Waals surface area contributed by atoms with E-state index in [1.54, 1.807) is 12.1 Å². The SMILES string of the molecule is CC(C)Nc1cc(Nc2nc3ccnn3cc2F)ncc1C(=O)NC[C@@H](F)C(C)(C)O. The highest BCUT2D eigenvalue weighted by Gasteiger charge is 2.27. The van der Waals surface area contributed by atoms with Gasteiger partial charge >= 0.3 is 0 Å².